The van der Waals surface area contributed by atoms with Crippen LogP contribution in [0, 0.1) is 0 Å². The van der Waals surface area contributed by atoms with E-state index in [1.165, 1.54) is 0 Å². The number of amides is 1. The second-order valence-corrected chi connectivity index (χ2v) is 7.07. The van der Waals surface area contributed by atoms with Crippen molar-refractivity contribution in [3.8, 4) is 23.0 Å². The van der Waals surface area contributed by atoms with Gasteiger partial charge in [-0.1, -0.05) is 11.6 Å². The first kappa shape index (κ1) is 20.7. The van der Waals surface area contributed by atoms with Gasteiger partial charge in [0, 0.05) is 28.3 Å². The van der Waals surface area contributed by atoms with Gasteiger partial charge in [0.1, 0.15) is 11.5 Å². The van der Waals surface area contributed by atoms with Crippen LogP contribution in [0.4, 0.5) is 0 Å². The molecule has 0 bridgehead atoms. The summed E-state index contributed by atoms with van der Waals surface area (Å²) in [5.41, 5.74) is 1.21. The highest BCUT2D eigenvalue weighted by molar-refractivity contribution is 6.30. The molecule has 0 saturated heterocycles. The molecule has 152 valence electrons. The monoisotopic (exact) mass is 415 g/mol. The molecular weight excluding hydrogens is 394 g/mol. The predicted octanol–water partition coefficient (Wildman–Crippen LogP) is 4.46. The van der Waals surface area contributed by atoms with E-state index in [1.807, 2.05) is 13.8 Å². The molecule has 0 aliphatic heterocycles. The molecule has 0 unspecified atom stereocenters. The molecule has 0 aliphatic carbocycles. The molecule has 8 heteroatoms. The van der Waals surface area contributed by atoms with Crippen molar-refractivity contribution < 1.29 is 18.7 Å². The summed E-state index contributed by atoms with van der Waals surface area (Å²) in [5.74, 6) is 1.60. The van der Waals surface area contributed by atoms with E-state index in [0.29, 0.717) is 33.9 Å². The lowest BCUT2D eigenvalue weighted by molar-refractivity contribution is 0.0671. The quantitative estimate of drug-likeness (QED) is 0.567. The molecule has 1 aromatic heterocycles. The van der Waals surface area contributed by atoms with E-state index in [9.17, 15) is 4.79 Å². The largest absolute Gasteiger partial charge is 0.497 e. The van der Waals surface area contributed by atoms with Gasteiger partial charge in [0.05, 0.1) is 20.8 Å². The van der Waals surface area contributed by atoms with Gasteiger partial charge in [0.2, 0.25) is 11.8 Å². The summed E-state index contributed by atoms with van der Waals surface area (Å²) in [5, 5.41) is 8.79. The molecule has 7 nitrogen and oxygen atoms in total. The number of methoxy groups -OCH3 is 2. The van der Waals surface area contributed by atoms with E-state index in [2.05, 4.69) is 10.2 Å². The Kier molecular flexibility index (Phi) is 6.39. The maximum absolute atomic E-state index is 13.2. The van der Waals surface area contributed by atoms with Crippen molar-refractivity contribution in [1.29, 1.82) is 0 Å². The molecule has 3 rings (SSSR count). The van der Waals surface area contributed by atoms with Crippen LogP contribution in [0.3, 0.4) is 0 Å². The van der Waals surface area contributed by atoms with E-state index < -0.39 is 0 Å². The molecule has 0 fully saturated rings. The SMILES string of the molecule is COc1cc(OC)cc(C(=O)N(Cc2nnc(-c3ccc(Cl)cc3)o2)C(C)C)c1. The van der Waals surface area contributed by atoms with Crippen molar-refractivity contribution in [2.45, 2.75) is 26.4 Å². The third kappa shape index (κ3) is 4.86. The van der Waals surface area contributed by atoms with Crippen LogP contribution >= 0.6 is 11.6 Å². The average Bonchev–Trinajstić information content (AvgIpc) is 3.20. The number of nitrogens with zero attached hydrogens (tertiary/aromatic N) is 3. The van der Waals surface area contributed by atoms with E-state index in [0.717, 1.165) is 5.56 Å². The average molecular weight is 416 g/mol. The van der Waals surface area contributed by atoms with Gasteiger partial charge < -0.3 is 18.8 Å². The van der Waals surface area contributed by atoms with Crippen LogP contribution in [-0.2, 0) is 6.54 Å². The van der Waals surface area contributed by atoms with Gasteiger partial charge in [-0.3, -0.25) is 4.79 Å². The van der Waals surface area contributed by atoms with Gasteiger partial charge >= 0.3 is 0 Å². The van der Waals surface area contributed by atoms with Crippen molar-refractivity contribution >= 4 is 17.5 Å². The fraction of sp³-hybridized carbons (Fsp3) is 0.286. The molecule has 3 aromatic rings. The number of ether oxygens (including phenoxy) is 2. The molecule has 2 aromatic carbocycles. The summed E-state index contributed by atoms with van der Waals surface area (Å²) in [6.45, 7) is 4.02. The predicted molar refractivity (Wildman–Crippen MR) is 109 cm³/mol. The second kappa shape index (κ2) is 8.96. The molecular formula is C21H22ClN3O4. The van der Waals surface area contributed by atoms with Crippen molar-refractivity contribution in [1.82, 2.24) is 15.1 Å². The number of halogens is 1. The zero-order valence-electron chi connectivity index (χ0n) is 16.7. The zero-order valence-corrected chi connectivity index (χ0v) is 17.4. The van der Waals surface area contributed by atoms with Gasteiger partial charge in [0.15, 0.2) is 0 Å². The van der Waals surface area contributed by atoms with Crippen LogP contribution in [0.1, 0.15) is 30.1 Å². The Morgan fingerprint density at radius 2 is 1.69 bits per heavy atom. The molecule has 1 heterocycles. The van der Waals surface area contributed by atoms with Crippen molar-refractivity contribution in [3.63, 3.8) is 0 Å². The summed E-state index contributed by atoms with van der Waals surface area (Å²) >= 11 is 5.92. The van der Waals surface area contributed by atoms with Gasteiger partial charge in [-0.15, -0.1) is 10.2 Å². The van der Waals surface area contributed by atoms with E-state index >= 15 is 0 Å². The van der Waals surface area contributed by atoms with Crippen LogP contribution in [0.2, 0.25) is 5.02 Å². The zero-order chi connectivity index (χ0) is 21.0. The van der Waals surface area contributed by atoms with Crippen LogP contribution in [0.25, 0.3) is 11.5 Å². The summed E-state index contributed by atoms with van der Waals surface area (Å²) in [7, 11) is 3.08. The fourth-order valence-corrected chi connectivity index (χ4v) is 2.88. The summed E-state index contributed by atoms with van der Waals surface area (Å²) in [6.07, 6.45) is 0. The molecule has 0 atom stereocenters. The smallest absolute Gasteiger partial charge is 0.254 e. The van der Waals surface area contributed by atoms with Crippen LogP contribution in [0.5, 0.6) is 11.5 Å². The Labute approximate surface area is 174 Å². The molecule has 29 heavy (non-hydrogen) atoms. The normalized spacial score (nSPS) is 10.8. The molecule has 0 radical (unpaired) electrons. The molecule has 1 amide bonds. The minimum atomic E-state index is -0.191. The first-order chi connectivity index (χ1) is 13.9. The van der Waals surface area contributed by atoms with Crippen LogP contribution in [-0.4, -0.2) is 41.3 Å². The molecule has 0 aliphatic rings. The van der Waals surface area contributed by atoms with Gasteiger partial charge in [-0.05, 0) is 50.2 Å². The van der Waals surface area contributed by atoms with E-state index in [1.54, 1.807) is 61.6 Å². The lowest BCUT2D eigenvalue weighted by atomic mass is 10.1. The third-order valence-corrected chi connectivity index (χ3v) is 4.60. The number of hydrogen-bond donors (Lipinski definition) is 0. The Morgan fingerprint density at radius 1 is 1.07 bits per heavy atom. The number of carbonyl (C=O) groups is 1. The Hall–Kier alpha value is -3.06. The van der Waals surface area contributed by atoms with E-state index in [4.69, 9.17) is 25.5 Å². The van der Waals surface area contributed by atoms with Crippen molar-refractivity contribution in [2.75, 3.05) is 14.2 Å². The Balaban J connectivity index is 1.84. The minimum absolute atomic E-state index is 0.0921. The fourth-order valence-electron chi connectivity index (χ4n) is 2.76. The van der Waals surface area contributed by atoms with E-state index in [-0.39, 0.29) is 18.5 Å². The molecule has 0 spiro atoms. The maximum atomic E-state index is 13.2. The number of carbonyl (C=O) groups excluding carboxylic acids is 1. The van der Waals surface area contributed by atoms with Crippen LogP contribution in [0.15, 0.2) is 46.9 Å². The summed E-state index contributed by atoms with van der Waals surface area (Å²) in [4.78, 5) is 14.8. The van der Waals surface area contributed by atoms with Gasteiger partial charge in [-0.2, -0.15) is 0 Å². The highest BCUT2D eigenvalue weighted by atomic mass is 35.5. The Morgan fingerprint density at radius 3 is 2.24 bits per heavy atom. The van der Waals surface area contributed by atoms with Crippen LogP contribution < -0.4 is 9.47 Å². The molecule has 0 saturated carbocycles. The molecule has 0 N–H and O–H groups in total. The van der Waals surface area contributed by atoms with Gasteiger partial charge in [-0.25, -0.2) is 0 Å². The summed E-state index contributed by atoms with van der Waals surface area (Å²) < 4.78 is 16.3. The number of benzene rings is 2. The second-order valence-electron chi connectivity index (χ2n) is 6.64. The first-order valence-electron chi connectivity index (χ1n) is 9.03. The lowest BCUT2D eigenvalue weighted by Crippen LogP contribution is -2.36. The minimum Gasteiger partial charge on any atom is -0.497 e. The highest BCUT2D eigenvalue weighted by Crippen LogP contribution is 2.25. The first-order valence-corrected chi connectivity index (χ1v) is 9.41. The number of hydrogen-bond acceptors (Lipinski definition) is 6. The number of rotatable bonds is 7. The standard InChI is InChI=1S/C21H22ClN3O4/c1-13(2)25(21(26)15-9-17(27-3)11-18(10-15)28-4)12-19-23-24-20(29-19)14-5-7-16(22)8-6-14/h5-11,13H,12H2,1-4H3. The van der Waals surface area contributed by atoms with Gasteiger partial charge in [0.25, 0.3) is 5.91 Å². The van der Waals surface area contributed by atoms with Crippen molar-refractivity contribution in [2.24, 2.45) is 0 Å². The van der Waals surface area contributed by atoms with Crippen molar-refractivity contribution in [3.05, 3.63) is 58.9 Å². The topological polar surface area (TPSA) is 77.7 Å². The summed E-state index contributed by atoms with van der Waals surface area (Å²) in [6, 6.07) is 12.1. The third-order valence-electron chi connectivity index (χ3n) is 4.35. The highest BCUT2D eigenvalue weighted by Gasteiger charge is 2.23. The maximum Gasteiger partial charge on any atom is 0.254 e. The Bertz CT molecular complexity index is 964. The lowest BCUT2D eigenvalue weighted by Gasteiger charge is -2.25. The number of aromatic nitrogens is 2.